The molecule has 0 aliphatic heterocycles. The maximum Gasteiger partial charge on any atom is 0.416 e. The van der Waals surface area contributed by atoms with Gasteiger partial charge in [-0.3, -0.25) is 0 Å². The molecule has 0 radical (unpaired) electrons. The van der Waals surface area contributed by atoms with Gasteiger partial charge in [-0.05, 0) is 32.0 Å². The first-order valence-corrected chi connectivity index (χ1v) is 5.58. The topological polar surface area (TPSA) is 17.8 Å². The number of aryl methyl sites for hydroxylation is 1. The van der Waals surface area contributed by atoms with Crippen molar-refractivity contribution in [2.75, 3.05) is 0 Å². The summed E-state index contributed by atoms with van der Waals surface area (Å²) in [6.07, 6.45) is -4.38. The summed E-state index contributed by atoms with van der Waals surface area (Å²) < 4.78 is 39.1. The van der Waals surface area contributed by atoms with E-state index < -0.39 is 11.7 Å². The van der Waals surface area contributed by atoms with Gasteiger partial charge in [-0.1, -0.05) is 17.7 Å². The number of hydrogen-bond donors (Lipinski definition) is 0. The van der Waals surface area contributed by atoms with Crippen LogP contribution in [0, 0.1) is 13.8 Å². The highest BCUT2D eigenvalue weighted by molar-refractivity contribution is 6.30. The smallest absolute Gasteiger partial charge is 0.222 e. The minimum atomic E-state index is -4.38. The van der Waals surface area contributed by atoms with Crippen LogP contribution in [-0.2, 0) is 6.18 Å². The van der Waals surface area contributed by atoms with Crippen molar-refractivity contribution in [1.82, 2.24) is 9.78 Å². The summed E-state index contributed by atoms with van der Waals surface area (Å²) in [5.74, 6) is 0. The van der Waals surface area contributed by atoms with Gasteiger partial charge >= 0.3 is 6.18 Å². The molecule has 0 amide bonds. The predicted octanol–water partition coefficient (Wildman–Crippen LogP) is 4.16. The summed E-state index contributed by atoms with van der Waals surface area (Å²) in [5, 5.41) is 4.45. The molecule has 0 saturated heterocycles. The van der Waals surface area contributed by atoms with E-state index in [1.165, 1.54) is 16.8 Å². The van der Waals surface area contributed by atoms with Crippen molar-refractivity contribution in [1.29, 1.82) is 0 Å². The Morgan fingerprint density at radius 2 is 1.89 bits per heavy atom. The van der Waals surface area contributed by atoms with Crippen LogP contribution in [0.3, 0.4) is 0 Å². The second-order valence-corrected chi connectivity index (χ2v) is 4.32. The van der Waals surface area contributed by atoms with Gasteiger partial charge in [0.15, 0.2) is 0 Å². The lowest BCUT2D eigenvalue weighted by atomic mass is 10.2. The molecule has 0 unspecified atom stereocenters. The number of halogens is 4. The summed E-state index contributed by atoms with van der Waals surface area (Å²) in [4.78, 5) is 0. The molecule has 0 spiro atoms. The normalized spacial score (nSPS) is 11.9. The van der Waals surface area contributed by atoms with Crippen molar-refractivity contribution >= 4 is 11.6 Å². The van der Waals surface area contributed by atoms with Crippen LogP contribution >= 0.6 is 11.6 Å². The lowest BCUT2D eigenvalue weighted by molar-refractivity contribution is -0.137. The highest BCUT2D eigenvalue weighted by Gasteiger charge is 2.30. The predicted molar refractivity (Wildman–Crippen MR) is 63.1 cm³/mol. The molecule has 6 heteroatoms. The fourth-order valence-electron chi connectivity index (χ4n) is 1.56. The minimum absolute atomic E-state index is 0.297. The lowest BCUT2D eigenvalue weighted by Crippen LogP contribution is -2.06. The molecule has 1 aromatic heterocycles. The molecule has 0 N–H and O–H groups in total. The van der Waals surface area contributed by atoms with Gasteiger partial charge in [-0.15, -0.1) is 0 Å². The molecule has 96 valence electrons. The average Bonchev–Trinajstić information content (AvgIpc) is 2.56. The molecule has 2 nitrogen and oxygen atoms in total. The first-order chi connectivity index (χ1) is 8.30. The molecule has 18 heavy (non-hydrogen) atoms. The molecule has 0 atom stereocenters. The van der Waals surface area contributed by atoms with Crippen LogP contribution in [0.1, 0.15) is 16.8 Å². The Bertz CT molecular complexity index is 587. The molecule has 0 bridgehead atoms. The SMILES string of the molecule is Cc1nn(-c2cccc(C(F)(F)F)c2)c(Cl)c1C. The maximum atomic E-state index is 12.6. The van der Waals surface area contributed by atoms with Crippen molar-refractivity contribution in [3.8, 4) is 5.69 Å². The Morgan fingerprint density at radius 1 is 1.22 bits per heavy atom. The van der Waals surface area contributed by atoms with E-state index in [1.54, 1.807) is 13.8 Å². The Labute approximate surface area is 107 Å². The molecule has 0 saturated carbocycles. The Hall–Kier alpha value is -1.49. The largest absolute Gasteiger partial charge is 0.416 e. The number of rotatable bonds is 1. The zero-order valence-corrected chi connectivity index (χ0v) is 10.5. The van der Waals surface area contributed by atoms with E-state index in [9.17, 15) is 13.2 Å². The van der Waals surface area contributed by atoms with Crippen LogP contribution in [-0.4, -0.2) is 9.78 Å². The standard InChI is InChI=1S/C12H10ClF3N2/c1-7-8(2)17-18(11(7)13)10-5-3-4-9(6-10)12(14,15)16/h3-6H,1-2H3. The number of nitrogens with zero attached hydrogens (tertiary/aromatic N) is 2. The van der Waals surface area contributed by atoms with Gasteiger partial charge in [0.05, 0.1) is 16.9 Å². The second-order valence-electron chi connectivity index (χ2n) is 3.96. The number of hydrogen-bond acceptors (Lipinski definition) is 1. The van der Waals surface area contributed by atoms with Crippen LogP contribution in [0.4, 0.5) is 13.2 Å². The Kier molecular flexibility index (Phi) is 3.11. The molecular formula is C12H10ClF3N2. The zero-order chi connectivity index (χ0) is 13.5. The minimum Gasteiger partial charge on any atom is -0.222 e. The van der Waals surface area contributed by atoms with Crippen LogP contribution in [0.5, 0.6) is 0 Å². The number of benzene rings is 1. The Morgan fingerprint density at radius 3 is 2.39 bits per heavy atom. The molecular weight excluding hydrogens is 265 g/mol. The van der Waals surface area contributed by atoms with Gasteiger partial charge in [0.1, 0.15) is 5.15 Å². The first kappa shape index (κ1) is 13.0. The lowest BCUT2D eigenvalue weighted by Gasteiger charge is -2.09. The molecule has 1 aromatic carbocycles. The summed E-state index contributed by atoms with van der Waals surface area (Å²) >= 11 is 6.03. The molecule has 0 fully saturated rings. The average molecular weight is 275 g/mol. The van der Waals surface area contributed by atoms with Crippen LogP contribution in [0.15, 0.2) is 24.3 Å². The van der Waals surface area contributed by atoms with E-state index in [2.05, 4.69) is 5.10 Å². The third-order valence-electron chi connectivity index (χ3n) is 2.71. The van der Waals surface area contributed by atoms with Crippen LogP contribution in [0.2, 0.25) is 5.15 Å². The first-order valence-electron chi connectivity index (χ1n) is 5.20. The van der Waals surface area contributed by atoms with Crippen molar-refractivity contribution in [3.05, 3.63) is 46.2 Å². The van der Waals surface area contributed by atoms with Gasteiger partial charge in [-0.25, -0.2) is 4.68 Å². The van der Waals surface area contributed by atoms with Gasteiger partial charge in [-0.2, -0.15) is 18.3 Å². The van der Waals surface area contributed by atoms with Crippen LogP contribution < -0.4 is 0 Å². The maximum absolute atomic E-state index is 12.6. The van der Waals surface area contributed by atoms with Gasteiger partial charge < -0.3 is 0 Å². The summed E-state index contributed by atoms with van der Waals surface area (Å²) in [5.41, 5.74) is 1.03. The summed E-state index contributed by atoms with van der Waals surface area (Å²) in [6, 6.07) is 4.91. The van der Waals surface area contributed by atoms with Gasteiger partial charge in [0.25, 0.3) is 0 Å². The Balaban J connectivity index is 2.55. The van der Waals surface area contributed by atoms with Crippen molar-refractivity contribution in [2.24, 2.45) is 0 Å². The van der Waals surface area contributed by atoms with E-state index in [1.807, 2.05) is 0 Å². The molecule has 2 rings (SSSR count). The van der Waals surface area contributed by atoms with Gasteiger partial charge in [0, 0.05) is 5.56 Å². The fourth-order valence-corrected chi connectivity index (χ4v) is 1.83. The molecule has 0 aliphatic rings. The fraction of sp³-hybridized carbons (Fsp3) is 0.250. The van der Waals surface area contributed by atoms with Gasteiger partial charge in [0.2, 0.25) is 0 Å². The van der Waals surface area contributed by atoms with Crippen molar-refractivity contribution < 1.29 is 13.2 Å². The molecule has 2 aromatic rings. The van der Waals surface area contributed by atoms with Crippen LogP contribution in [0.25, 0.3) is 5.69 Å². The number of aromatic nitrogens is 2. The summed E-state index contributed by atoms with van der Waals surface area (Å²) in [6.45, 7) is 3.53. The number of alkyl halides is 3. The molecule has 0 aliphatic carbocycles. The van der Waals surface area contributed by atoms with E-state index >= 15 is 0 Å². The molecule has 1 heterocycles. The van der Waals surface area contributed by atoms with E-state index in [0.717, 1.165) is 17.7 Å². The van der Waals surface area contributed by atoms with E-state index in [-0.39, 0.29) is 0 Å². The van der Waals surface area contributed by atoms with E-state index in [4.69, 9.17) is 11.6 Å². The zero-order valence-electron chi connectivity index (χ0n) is 9.72. The van der Waals surface area contributed by atoms with Crippen molar-refractivity contribution in [2.45, 2.75) is 20.0 Å². The summed E-state index contributed by atoms with van der Waals surface area (Å²) in [7, 11) is 0. The quantitative estimate of drug-likeness (QED) is 0.763. The highest BCUT2D eigenvalue weighted by Crippen LogP contribution is 2.31. The third kappa shape index (κ3) is 2.22. The van der Waals surface area contributed by atoms with Crippen molar-refractivity contribution in [3.63, 3.8) is 0 Å². The monoisotopic (exact) mass is 274 g/mol. The second kappa shape index (κ2) is 4.31. The highest BCUT2D eigenvalue weighted by atomic mass is 35.5. The third-order valence-corrected chi connectivity index (χ3v) is 3.15. The van der Waals surface area contributed by atoms with E-state index in [0.29, 0.717) is 16.5 Å².